The van der Waals surface area contributed by atoms with Gasteiger partial charge in [-0.25, -0.2) is 0 Å². The van der Waals surface area contributed by atoms with Gasteiger partial charge in [-0.1, -0.05) is 25.3 Å². The van der Waals surface area contributed by atoms with E-state index in [9.17, 15) is 5.11 Å². The molecule has 3 heteroatoms. The third kappa shape index (κ3) is 3.16. The van der Waals surface area contributed by atoms with Crippen molar-refractivity contribution in [3.05, 3.63) is 24.3 Å². The van der Waals surface area contributed by atoms with Crippen molar-refractivity contribution in [3.63, 3.8) is 0 Å². The van der Waals surface area contributed by atoms with Crippen LogP contribution >= 0.6 is 0 Å². The van der Waals surface area contributed by atoms with Crippen LogP contribution in [-0.2, 0) is 0 Å². The molecule has 0 radical (unpaired) electrons. The van der Waals surface area contributed by atoms with E-state index >= 15 is 0 Å². The number of aliphatic hydroxyl groups excluding tert-OH is 1. The number of aliphatic hydroxyl groups is 1. The minimum absolute atomic E-state index is 0.0708. The van der Waals surface area contributed by atoms with Gasteiger partial charge in [-0.05, 0) is 25.0 Å². The predicted octanol–water partition coefficient (Wildman–Crippen LogP) is 3.05. The Hall–Kier alpha value is -1.22. The van der Waals surface area contributed by atoms with Gasteiger partial charge in [-0.3, -0.25) is 0 Å². The minimum atomic E-state index is 0.0708. The molecule has 0 aromatic heterocycles. The average Bonchev–Trinajstić information content (AvgIpc) is 2.46. The lowest BCUT2D eigenvalue weighted by molar-refractivity contribution is 0.0944. The van der Waals surface area contributed by atoms with Gasteiger partial charge in [0.15, 0.2) is 0 Å². The van der Waals surface area contributed by atoms with E-state index in [1.54, 1.807) is 7.11 Å². The molecule has 0 saturated heterocycles. The van der Waals surface area contributed by atoms with Gasteiger partial charge in [-0.15, -0.1) is 0 Å². The highest BCUT2D eigenvalue weighted by Crippen LogP contribution is 2.36. The number of hydrogen-bond donors (Lipinski definition) is 2. The molecule has 1 aromatic rings. The Morgan fingerprint density at radius 2 is 2.06 bits per heavy atom. The van der Waals surface area contributed by atoms with Crippen molar-refractivity contribution < 1.29 is 9.84 Å². The van der Waals surface area contributed by atoms with E-state index in [1.807, 2.05) is 24.3 Å². The highest BCUT2D eigenvalue weighted by Gasteiger charge is 2.30. The average molecular weight is 249 g/mol. The van der Waals surface area contributed by atoms with Crippen molar-refractivity contribution >= 4 is 5.69 Å². The molecule has 100 valence electrons. The van der Waals surface area contributed by atoms with Crippen molar-refractivity contribution in [3.8, 4) is 5.75 Å². The van der Waals surface area contributed by atoms with E-state index in [0.717, 1.165) is 30.8 Å². The Kier molecular flexibility index (Phi) is 4.48. The van der Waals surface area contributed by atoms with Crippen LogP contribution in [0.15, 0.2) is 24.3 Å². The van der Waals surface area contributed by atoms with Crippen LogP contribution in [0.2, 0.25) is 0 Å². The summed E-state index contributed by atoms with van der Waals surface area (Å²) in [5.74, 6) is 0.863. The highest BCUT2D eigenvalue weighted by atomic mass is 16.5. The van der Waals surface area contributed by atoms with Crippen LogP contribution in [0.4, 0.5) is 5.69 Å². The van der Waals surface area contributed by atoms with E-state index in [2.05, 4.69) is 5.32 Å². The second kappa shape index (κ2) is 6.10. The minimum Gasteiger partial charge on any atom is -0.497 e. The fraction of sp³-hybridized carbons (Fsp3) is 0.600. The smallest absolute Gasteiger partial charge is 0.120 e. The maximum Gasteiger partial charge on any atom is 0.120 e. The maximum atomic E-state index is 9.66. The first-order valence-electron chi connectivity index (χ1n) is 6.77. The molecule has 0 amide bonds. The van der Waals surface area contributed by atoms with Crippen molar-refractivity contribution in [2.75, 3.05) is 25.6 Å². The van der Waals surface area contributed by atoms with Gasteiger partial charge in [0.2, 0.25) is 0 Å². The molecule has 0 bridgehead atoms. The van der Waals surface area contributed by atoms with Gasteiger partial charge >= 0.3 is 0 Å². The molecule has 1 aliphatic rings. The Morgan fingerprint density at radius 3 is 2.72 bits per heavy atom. The Morgan fingerprint density at radius 1 is 1.28 bits per heavy atom. The van der Waals surface area contributed by atoms with Crippen molar-refractivity contribution in [1.82, 2.24) is 0 Å². The third-order valence-corrected chi connectivity index (χ3v) is 3.99. The quantitative estimate of drug-likeness (QED) is 0.842. The van der Waals surface area contributed by atoms with Gasteiger partial charge < -0.3 is 15.2 Å². The summed E-state index contributed by atoms with van der Waals surface area (Å²) in [6.07, 6.45) is 6.03. The second-order valence-corrected chi connectivity index (χ2v) is 5.30. The van der Waals surface area contributed by atoms with Crippen LogP contribution in [0.25, 0.3) is 0 Å². The summed E-state index contributed by atoms with van der Waals surface area (Å²) >= 11 is 0. The summed E-state index contributed by atoms with van der Waals surface area (Å²) in [5.41, 5.74) is 1.13. The Balaban J connectivity index is 1.96. The van der Waals surface area contributed by atoms with Gasteiger partial charge in [0.05, 0.1) is 13.7 Å². The zero-order chi connectivity index (χ0) is 12.8. The summed E-state index contributed by atoms with van der Waals surface area (Å²) in [6.45, 7) is 1.13. The van der Waals surface area contributed by atoms with Crippen molar-refractivity contribution in [1.29, 1.82) is 0 Å². The number of rotatable bonds is 5. The van der Waals surface area contributed by atoms with Crippen molar-refractivity contribution in [2.45, 2.75) is 32.1 Å². The molecule has 2 N–H and O–H groups in total. The first kappa shape index (κ1) is 13.2. The first-order chi connectivity index (χ1) is 8.78. The lowest BCUT2D eigenvalue weighted by atomic mass is 9.74. The molecule has 1 aromatic carbocycles. The normalized spacial score (nSPS) is 18.3. The van der Waals surface area contributed by atoms with E-state index in [1.165, 1.54) is 19.3 Å². The zero-order valence-corrected chi connectivity index (χ0v) is 11.1. The number of benzene rings is 1. The number of hydrogen-bond acceptors (Lipinski definition) is 3. The molecule has 1 saturated carbocycles. The molecule has 0 aliphatic heterocycles. The van der Waals surface area contributed by atoms with Crippen LogP contribution in [0.3, 0.4) is 0 Å². The summed E-state index contributed by atoms with van der Waals surface area (Å²) in [5, 5.41) is 13.1. The number of anilines is 1. The van der Waals surface area contributed by atoms with Crippen LogP contribution < -0.4 is 10.1 Å². The molecule has 0 atom stereocenters. The summed E-state index contributed by atoms with van der Waals surface area (Å²) in [7, 11) is 1.68. The van der Waals surface area contributed by atoms with Crippen LogP contribution in [-0.4, -0.2) is 25.4 Å². The fourth-order valence-corrected chi connectivity index (χ4v) is 2.72. The molecule has 18 heavy (non-hydrogen) atoms. The number of nitrogens with one attached hydrogen (secondary N) is 1. The number of methoxy groups -OCH3 is 1. The number of ether oxygens (including phenoxy) is 1. The van der Waals surface area contributed by atoms with E-state index in [0.29, 0.717) is 0 Å². The van der Waals surface area contributed by atoms with E-state index < -0.39 is 0 Å². The Bertz CT molecular complexity index is 373. The largest absolute Gasteiger partial charge is 0.497 e. The molecule has 0 spiro atoms. The molecule has 1 fully saturated rings. The highest BCUT2D eigenvalue weighted by molar-refractivity contribution is 5.48. The summed E-state index contributed by atoms with van der Waals surface area (Å²) < 4.78 is 5.21. The Labute approximate surface area is 109 Å². The molecule has 1 aliphatic carbocycles. The van der Waals surface area contributed by atoms with Gasteiger partial charge in [-0.2, -0.15) is 0 Å². The molecule has 2 rings (SSSR count). The van der Waals surface area contributed by atoms with Gasteiger partial charge in [0, 0.05) is 23.7 Å². The maximum absolute atomic E-state index is 9.66. The van der Waals surface area contributed by atoms with Crippen LogP contribution in [0, 0.1) is 5.41 Å². The predicted molar refractivity (Wildman–Crippen MR) is 74.1 cm³/mol. The van der Waals surface area contributed by atoms with Crippen LogP contribution in [0.1, 0.15) is 32.1 Å². The SMILES string of the molecule is COc1cccc(NCC2(CO)CCCCC2)c1. The lowest BCUT2D eigenvalue weighted by Gasteiger charge is -2.36. The van der Waals surface area contributed by atoms with Crippen LogP contribution in [0.5, 0.6) is 5.75 Å². The zero-order valence-electron chi connectivity index (χ0n) is 11.1. The van der Waals surface area contributed by atoms with Gasteiger partial charge in [0.25, 0.3) is 0 Å². The first-order valence-corrected chi connectivity index (χ1v) is 6.77. The fourth-order valence-electron chi connectivity index (χ4n) is 2.72. The summed E-state index contributed by atoms with van der Waals surface area (Å²) in [6, 6.07) is 7.95. The third-order valence-electron chi connectivity index (χ3n) is 3.99. The standard InChI is InChI=1S/C15H23NO2/c1-18-14-7-5-6-13(10-14)16-11-15(12-17)8-3-2-4-9-15/h5-7,10,16-17H,2-4,8-9,11-12H2,1H3. The molecule has 3 nitrogen and oxygen atoms in total. The topological polar surface area (TPSA) is 41.5 Å². The molecular formula is C15H23NO2. The van der Waals surface area contributed by atoms with Gasteiger partial charge in [0.1, 0.15) is 5.75 Å². The molecule has 0 unspecified atom stereocenters. The van der Waals surface area contributed by atoms with Crippen molar-refractivity contribution in [2.24, 2.45) is 5.41 Å². The van der Waals surface area contributed by atoms with E-state index in [4.69, 9.17) is 4.74 Å². The molecule has 0 heterocycles. The van der Waals surface area contributed by atoms with E-state index in [-0.39, 0.29) is 12.0 Å². The summed E-state index contributed by atoms with van der Waals surface area (Å²) in [4.78, 5) is 0. The monoisotopic (exact) mass is 249 g/mol. The second-order valence-electron chi connectivity index (χ2n) is 5.30. The lowest BCUT2D eigenvalue weighted by Crippen LogP contribution is -2.35. The molecular weight excluding hydrogens is 226 g/mol.